The minimum absolute atomic E-state index is 0.0297. The Morgan fingerprint density at radius 3 is 2.15 bits per heavy atom. The van der Waals surface area contributed by atoms with E-state index in [0.717, 1.165) is 27.4 Å². The summed E-state index contributed by atoms with van der Waals surface area (Å²) in [7, 11) is -4.15. The second kappa shape index (κ2) is 14.2. The van der Waals surface area contributed by atoms with Gasteiger partial charge in [-0.05, 0) is 83.0 Å². The molecule has 0 aliphatic carbocycles. The number of amides is 2. The molecule has 2 atom stereocenters. The largest absolute Gasteiger partial charge is 0.494 e. The van der Waals surface area contributed by atoms with Gasteiger partial charge in [0, 0.05) is 12.6 Å². The molecule has 3 rings (SSSR count). The molecule has 0 aromatic heterocycles. The van der Waals surface area contributed by atoms with Crippen LogP contribution in [-0.4, -0.2) is 50.4 Å². The van der Waals surface area contributed by atoms with Crippen molar-refractivity contribution in [2.75, 3.05) is 17.5 Å². The van der Waals surface area contributed by atoms with Gasteiger partial charge in [0.2, 0.25) is 11.8 Å². The highest BCUT2D eigenvalue weighted by atomic mass is 32.2. The molecule has 0 bridgehead atoms. The molecule has 1 N–H and O–H groups in total. The van der Waals surface area contributed by atoms with Crippen molar-refractivity contribution in [3.8, 4) is 5.75 Å². The summed E-state index contributed by atoms with van der Waals surface area (Å²) in [5.41, 5.74) is 3.17. The van der Waals surface area contributed by atoms with Crippen molar-refractivity contribution in [2.24, 2.45) is 0 Å². The summed E-state index contributed by atoms with van der Waals surface area (Å²) < 4.78 is 34.5. The summed E-state index contributed by atoms with van der Waals surface area (Å²) >= 11 is 0. The number of nitrogens with zero attached hydrogens (tertiary/aromatic N) is 2. The molecular weight excluding hydrogens is 538 g/mol. The summed E-state index contributed by atoms with van der Waals surface area (Å²) in [4.78, 5) is 28.7. The Labute approximate surface area is 244 Å². The molecule has 41 heavy (non-hydrogen) atoms. The highest BCUT2D eigenvalue weighted by Crippen LogP contribution is 2.26. The number of rotatable bonds is 13. The fraction of sp³-hybridized carbons (Fsp3) is 0.375. The first-order valence-corrected chi connectivity index (χ1v) is 15.4. The lowest BCUT2D eigenvalue weighted by atomic mass is 10.1. The van der Waals surface area contributed by atoms with Crippen LogP contribution in [0.3, 0.4) is 0 Å². The van der Waals surface area contributed by atoms with Crippen LogP contribution in [0.25, 0.3) is 0 Å². The van der Waals surface area contributed by atoms with Gasteiger partial charge in [-0.25, -0.2) is 8.42 Å². The van der Waals surface area contributed by atoms with Crippen LogP contribution in [0.15, 0.2) is 77.7 Å². The maximum Gasteiger partial charge on any atom is 0.264 e. The van der Waals surface area contributed by atoms with Crippen molar-refractivity contribution in [1.29, 1.82) is 0 Å². The predicted molar refractivity (Wildman–Crippen MR) is 162 cm³/mol. The summed E-state index contributed by atoms with van der Waals surface area (Å²) in [5.74, 6) is -0.236. The number of hydrogen-bond acceptors (Lipinski definition) is 5. The maximum absolute atomic E-state index is 14.0. The number of sulfonamides is 1. The number of aryl methyl sites for hydroxylation is 2. The van der Waals surface area contributed by atoms with Crippen LogP contribution in [0.1, 0.15) is 50.8 Å². The minimum Gasteiger partial charge on any atom is -0.494 e. The first kappa shape index (κ1) is 31.7. The van der Waals surface area contributed by atoms with Crippen LogP contribution in [0.4, 0.5) is 5.69 Å². The number of carbonyl (C=O) groups is 2. The van der Waals surface area contributed by atoms with Gasteiger partial charge in [-0.2, -0.15) is 0 Å². The van der Waals surface area contributed by atoms with Crippen molar-refractivity contribution < 1.29 is 22.7 Å². The Bertz CT molecular complexity index is 1420. The topological polar surface area (TPSA) is 96.0 Å². The van der Waals surface area contributed by atoms with Gasteiger partial charge in [0.1, 0.15) is 18.3 Å². The van der Waals surface area contributed by atoms with Crippen LogP contribution in [-0.2, 0) is 26.2 Å². The number of benzene rings is 3. The van der Waals surface area contributed by atoms with Crippen LogP contribution in [0, 0.1) is 13.8 Å². The normalized spacial score (nSPS) is 12.7. The Morgan fingerprint density at radius 2 is 1.56 bits per heavy atom. The van der Waals surface area contributed by atoms with E-state index in [1.54, 1.807) is 43.3 Å². The number of nitrogens with one attached hydrogen (secondary N) is 1. The van der Waals surface area contributed by atoms with Gasteiger partial charge >= 0.3 is 0 Å². The van der Waals surface area contributed by atoms with E-state index in [2.05, 4.69) is 5.32 Å². The average molecular weight is 580 g/mol. The van der Waals surface area contributed by atoms with Crippen LogP contribution < -0.4 is 14.4 Å². The fourth-order valence-electron chi connectivity index (χ4n) is 4.30. The molecule has 0 unspecified atom stereocenters. The average Bonchev–Trinajstić information content (AvgIpc) is 2.95. The summed E-state index contributed by atoms with van der Waals surface area (Å²) in [6.07, 6.45) is 0.742. The Kier molecular flexibility index (Phi) is 10.9. The standard InChI is InChI=1S/C32H41N3O5S/c1-7-25(5)33-32(37)26(6)34(21-27-11-9-10-24(4)20-27)31(36)22-35(28-14-12-23(3)13-15-28)41(38,39)30-18-16-29(17-19-30)40-8-2/h9-20,25-26H,7-8,21-22H2,1-6H3,(H,33,37)/t25-,26+/m0/s1. The second-order valence-electron chi connectivity index (χ2n) is 10.3. The van der Waals surface area contributed by atoms with Crippen LogP contribution in [0.5, 0.6) is 5.75 Å². The summed E-state index contributed by atoms with van der Waals surface area (Å²) in [5, 5.41) is 2.95. The SMILES string of the molecule is CCOc1ccc(S(=O)(=O)N(CC(=O)N(Cc2cccc(C)c2)[C@H](C)C(=O)N[C@@H](C)CC)c2ccc(C)cc2)cc1. The van der Waals surface area contributed by atoms with E-state index in [-0.39, 0.29) is 23.4 Å². The van der Waals surface area contributed by atoms with Crippen molar-refractivity contribution >= 4 is 27.5 Å². The van der Waals surface area contributed by atoms with Gasteiger partial charge < -0.3 is 15.0 Å². The molecule has 2 amide bonds. The first-order chi connectivity index (χ1) is 19.5. The zero-order valence-corrected chi connectivity index (χ0v) is 25.6. The van der Waals surface area contributed by atoms with E-state index in [0.29, 0.717) is 18.0 Å². The molecule has 220 valence electrons. The van der Waals surface area contributed by atoms with E-state index >= 15 is 0 Å². The Morgan fingerprint density at radius 1 is 0.902 bits per heavy atom. The summed E-state index contributed by atoms with van der Waals surface area (Å²) in [6, 6.07) is 19.9. The Hall–Kier alpha value is -3.85. The monoisotopic (exact) mass is 579 g/mol. The molecule has 0 heterocycles. The van der Waals surface area contributed by atoms with Crippen molar-refractivity contribution in [1.82, 2.24) is 10.2 Å². The molecule has 3 aromatic carbocycles. The number of anilines is 1. The summed E-state index contributed by atoms with van der Waals surface area (Å²) in [6.45, 7) is 11.4. The van der Waals surface area contributed by atoms with E-state index in [4.69, 9.17) is 4.74 Å². The third kappa shape index (κ3) is 8.33. The second-order valence-corrected chi connectivity index (χ2v) is 12.1. The third-order valence-electron chi connectivity index (χ3n) is 6.93. The number of ether oxygens (including phenoxy) is 1. The number of hydrogen-bond donors (Lipinski definition) is 1. The van der Waals surface area contributed by atoms with Gasteiger partial charge in [-0.15, -0.1) is 0 Å². The molecule has 0 spiro atoms. The minimum atomic E-state index is -4.15. The highest BCUT2D eigenvalue weighted by molar-refractivity contribution is 7.92. The molecule has 9 heteroatoms. The molecule has 8 nitrogen and oxygen atoms in total. The smallest absolute Gasteiger partial charge is 0.264 e. The van der Waals surface area contributed by atoms with Gasteiger partial charge in [0.25, 0.3) is 10.0 Å². The van der Waals surface area contributed by atoms with Crippen LogP contribution >= 0.6 is 0 Å². The van der Waals surface area contributed by atoms with E-state index in [1.807, 2.05) is 58.9 Å². The van der Waals surface area contributed by atoms with E-state index < -0.39 is 28.5 Å². The van der Waals surface area contributed by atoms with Gasteiger partial charge in [0.05, 0.1) is 17.2 Å². The van der Waals surface area contributed by atoms with E-state index in [9.17, 15) is 18.0 Å². The number of carbonyl (C=O) groups excluding carboxylic acids is 2. The molecule has 0 aliphatic heterocycles. The van der Waals surface area contributed by atoms with Gasteiger partial charge in [-0.1, -0.05) is 54.4 Å². The highest BCUT2D eigenvalue weighted by Gasteiger charge is 2.32. The van der Waals surface area contributed by atoms with Crippen molar-refractivity contribution in [3.05, 3.63) is 89.5 Å². The van der Waals surface area contributed by atoms with Gasteiger partial charge in [0.15, 0.2) is 0 Å². The molecule has 0 fully saturated rings. The molecule has 0 saturated heterocycles. The fourth-order valence-corrected chi connectivity index (χ4v) is 5.71. The zero-order valence-electron chi connectivity index (χ0n) is 24.8. The molecule has 3 aromatic rings. The lowest BCUT2D eigenvalue weighted by molar-refractivity contribution is -0.139. The Balaban J connectivity index is 2.01. The predicted octanol–water partition coefficient (Wildman–Crippen LogP) is 5.23. The third-order valence-corrected chi connectivity index (χ3v) is 8.72. The molecule has 0 radical (unpaired) electrons. The quantitative estimate of drug-likeness (QED) is 0.299. The van der Waals surface area contributed by atoms with E-state index in [1.165, 1.54) is 17.0 Å². The lowest BCUT2D eigenvalue weighted by Gasteiger charge is -2.32. The lowest BCUT2D eigenvalue weighted by Crippen LogP contribution is -2.52. The zero-order chi connectivity index (χ0) is 30.2. The molecule has 0 aliphatic rings. The van der Waals surface area contributed by atoms with Crippen LogP contribution in [0.2, 0.25) is 0 Å². The molecular formula is C32H41N3O5S. The first-order valence-electron chi connectivity index (χ1n) is 13.9. The maximum atomic E-state index is 14.0. The van der Waals surface area contributed by atoms with Crippen molar-refractivity contribution in [2.45, 2.75) is 71.5 Å². The van der Waals surface area contributed by atoms with Gasteiger partial charge in [-0.3, -0.25) is 13.9 Å². The van der Waals surface area contributed by atoms with Crippen molar-refractivity contribution in [3.63, 3.8) is 0 Å². The molecule has 0 saturated carbocycles.